The number of fused-ring (bicyclic) bond motifs is 5. The average molecular weight is 417 g/mol. The number of hydrogen-bond donors (Lipinski definition) is 2. The highest BCUT2D eigenvalue weighted by atomic mass is 19.1. The Balaban J connectivity index is 1.47. The molecule has 4 rings (SSSR count). The second kappa shape index (κ2) is 8.20. The number of carbonyl (C=O) groups excluding carboxylic acids is 1. The number of hydrogen-bond acceptors (Lipinski definition) is 4. The molecule has 0 heterocycles. The summed E-state index contributed by atoms with van der Waals surface area (Å²) in [4.78, 5) is 13.1. The summed E-state index contributed by atoms with van der Waals surface area (Å²) in [5.74, 6) is 2.27. The van der Waals surface area contributed by atoms with E-state index in [9.17, 15) is 4.79 Å². The Kier molecular flexibility index (Phi) is 5.93. The summed E-state index contributed by atoms with van der Waals surface area (Å²) in [6.45, 7) is 4.51. The first-order valence-electron chi connectivity index (χ1n) is 11.9. The normalized spacial score (nSPS) is 45.6. The van der Waals surface area contributed by atoms with Crippen LogP contribution in [-0.2, 0) is 9.53 Å². The van der Waals surface area contributed by atoms with Crippen LogP contribution in [-0.4, -0.2) is 30.5 Å². The molecule has 2 unspecified atom stereocenters. The van der Waals surface area contributed by atoms with Crippen LogP contribution in [0.1, 0.15) is 71.6 Å². The predicted molar refractivity (Wildman–Crippen MR) is 117 cm³/mol. The van der Waals surface area contributed by atoms with Gasteiger partial charge in [-0.3, -0.25) is 4.79 Å². The number of Topliss-reactive ketones (excluding diaryl/α,β-unsaturated/α-hetero) is 1. The highest BCUT2D eigenvalue weighted by Crippen LogP contribution is 2.66. The Morgan fingerprint density at radius 1 is 1.10 bits per heavy atom. The molecule has 0 aromatic carbocycles. The van der Waals surface area contributed by atoms with Gasteiger partial charge in [0.1, 0.15) is 18.0 Å². The predicted octanol–water partition coefficient (Wildman–Crippen LogP) is 5.75. The van der Waals surface area contributed by atoms with Crippen molar-refractivity contribution in [3.05, 3.63) is 11.8 Å². The first-order valence-corrected chi connectivity index (χ1v) is 11.9. The highest BCUT2D eigenvalue weighted by Gasteiger charge is 2.62. The molecule has 30 heavy (non-hydrogen) atoms. The number of halogens is 1. The van der Waals surface area contributed by atoms with Crippen LogP contribution in [0.3, 0.4) is 0 Å². The maximum absolute atomic E-state index is 16.4. The smallest absolute Gasteiger partial charge is 0.173 e. The molecule has 2 N–H and O–H groups in total. The van der Waals surface area contributed by atoms with E-state index in [4.69, 9.17) is 15.6 Å². The van der Waals surface area contributed by atoms with Crippen molar-refractivity contribution in [3.63, 3.8) is 0 Å². The van der Waals surface area contributed by atoms with E-state index in [1.165, 1.54) is 6.08 Å². The fourth-order valence-corrected chi connectivity index (χ4v) is 8.00. The van der Waals surface area contributed by atoms with Gasteiger partial charge in [0.25, 0.3) is 0 Å². The van der Waals surface area contributed by atoms with E-state index >= 15 is 4.39 Å². The molecule has 0 saturated heterocycles. The van der Waals surface area contributed by atoms with Crippen LogP contribution < -0.4 is 0 Å². The van der Waals surface area contributed by atoms with Gasteiger partial charge in [-0.25, -0.2) is 4.39 Å². The standard InChI is InChI=1S/C25H37FN2O2/c1-16-7-11-25(26)17(13-16)3-4-19-20-5-6-22(24(20,2)10-8-21(19)25)23(29)15-30-18(14-28)9-12-27/h9,12,14,16-17,19-22,27-28H,3-8,10-11,13,15H2,1-2H3/b18-9+,27-12?,28-14?/t16-,17+,19-,20?,21?,22+,24-,25+/m0/s1. The lowest BCUT2D eigenvalue weighted by atomic mass is 9.48. The molecule has 4 nitrogen and oxygen atoms in total. The van der Waals surface area contributed by atoms with Crippen molar-refractivity contribution in [3.8, 4) is 0 Å². The van der Waals surface area contributed by atoms with Crippen molar-refractivity contribution < 1.29 is 13.9 Å². The largest absolute Gasteiger partial charge is 0.484 e. The lowest BCUT2D eigenvalue weighted by molar-refractivity contribution is -0.147. The molecule has 4 aliphatic carbocycles. The number of rotatable bonds is 6. The Morgan fingerprint density at radius 2 is 1.90 bits per heavy atom. The van der Waals surface area contributed by atoms with Gasteiger partial charge in [-0.2, -0.15) is 0 Å². The minimum atomic E-state index is -0.974. The lowest BCUT2D eigenvalue weighted by Crippen LogP contribution is -2.56. The number of ether oxygens (including phenoxy) is 1. The molecule has 0 amide bonds. The molecular weight excluding hydrogens is 379 g/mol. The third kappa shape index (κ3) is 3.46. The number of carbonyl (C=O) groups is 1. The van der Waals surface area contributed by atoms with Crippen molar-refractivity contribution in [2.75, 3.05) is 6.61 Å². The lowest BCUT2D eigenvalue weighted by Gasteiger charge is -2.58. The third-order valence-corrected chi connectivity index (χ3v) is 9.45. The molecule has 5 heteroatoms. The van der Waals surface area contributed by atoms with E-state index in [0.29, 0.717) is 17.8 Å². The van der Waals surface area contributed by atoms with Gasteiger partial charge >= 0.3 is 0 Å². The maximum atomic E-state index is 16.4. The number of nitrogens with one attached hydrogen (secondary N) is 2. The van der Waals surface area contributed by atoms with Crippen molar-refractivity contribution in [2.45, 2.75) is 77.3 Å². The summed E-state index contributed by atoms with van der Waals surface area (Å²) in [7, 11) is 0. The van der Waals surface area contributed by atoms with Crippen LogP contribution in [0.4, 0.5) is 4.39 Å². The summed E-state index contributed by atoms with van der Waals surface area (Å²) >= 11 is 0. The van der Waals surface area contributed by atoms with E-state index < -0.39 is 5.67 Å². The monoisotopic (exact) mass is 416 g/mol. The van der Waals surface area contributed by atoms with Gasteiger partial charge in [0, 0.05) is 12.1 Å². The van der Waals surface area contributed by atoms with Gasteiger partial charge < -0.3 is 15.6 Å². The molecule has 4 aliphatic rings. The average Bonchev–Trinajstić information content (AvgIpc) is 3.08. The number of ketones is 1. The second-order valence-corrected chi connectivity index (χ2v) is 10.8. The van der Waals surface area contributed by atoms with Gasteiger partial charge in [0.2, 0.25) is 0 Å². The van der Waals surface area contributed by atoms with Crippen LogP contribution in [0.5, 0.6) is 0 Å². The summed E-state index contributed by atoms with van der Waals surface area (Å²) < 4.78 is 21.8. The minimum absolute atomic E-state index is 0.0323. The maximum Gasteiger partial charge on any atom is 0.173 e. The van der Waals surface area contributed by atoms with Crippen molar-refractivity contribution in [2.24, 2.45) is 40.9 Å². The first kappa shape index (κ1) is 21.7. The fourth-order valence-electron chi connectivity index (χ4n) is 8.00. The molecule has 0 bridgehead atoms. The number of alkyl halides is 1. The summed E-state index contributed by atoms with van der Waals surface area (Å²) in [6.07, 6.45) is 12.2. The van der Waals surface area contributed by atoms with Crippen molar-refractivity contribution in [1.29, 1.82) is 10.8 Å². The molecular formula is C25H37FN2O2. The molecule has 0 aromatic rings. The molecule has 8 atom stereocenters. The Hall–Kier alpha value is -1.52. The molecule has 4 saturated carbocycles. The van der Waals surface area contributed by atoms with Crippen LogP contribution in [0.25, 0.3) is 0 Å². The van der Waals surface area contributed by atoms with E-state index in [2.05, 4.69) is 13.8 Å². The van der Waals surface area contributed by atoms with Crippen molar-refractivity contribution >= 4 is 18.2 Å². The SMILES string of the molecule is C[C@H]1CC[C@]2(F)C3CC[C@@]4(C)C(CC[C@@H]4C(=O)CO/C(C=N)=C/C=N)[C@@H]3CC[C@@H]2C1. The number of allylic oxidation sites excluding steroid dienone is 2. The molecule has 0 spiro atoms. The van der Waals surface area contributed by atoms with Crippen molar-refractivity contribution in [1.82, 2.24) is 0 Å². The fraction of sp³-hybridized carbons (Fsp3) is 0.800. The first-order chi connectivity index (χ1) is 14.3. The zero-order valence-corrected chi connectivity index (χ0v) is 18.5. The molecule has 4 fully saturated rings. The Bertz CT molecular complexity index is 737. The van der Waals surface area contributed by atoms with E-state index in [1.54, 1.807) is 0 Å². The Labute approximate surface area is 180 Å². The van der Waals surface area contributed by atoms with Crippen LogP contribution in [0, 0.1) is 51.7 Å². The second-order valence-electron chi connectivity index (χ2n) is 10.8. The summed E-state index contributed by atoms with van der Waals surface area (Å²) in [5.41, 5.74) is -1.03. The van der Waals surface area contributed by atoms with E-state index in [-0.39, 0.29) is 41.3 Å². The van der Waals surface area contributed by atoms with Crippen LogP contribution in [0.15, 0.2) is 11.8 Å². The van der Waals surface area contributed by atoms with E-state index in [0.717, 1.165) is 70.2 Å². The summed E-state index contributed by atoms with van der Waals surface area (Å²) in [6, 6.07) is 0. The van der Waals surface area contributed by atoms with Gasteiger partial charge in [-0.05, 0) is 98.9 Å². The van der Waals surface area contributed by atoms with Crippen LogP contribution in [0.2, 0.25) is 0 Å². The third-order valence-electron chi connectivity index (χ3n) is 9.45. The molecule has 166 valence electrons. The molecule has 0 radical (unpaired) electrons. The van der Waals surface area contributed by atoms with Gasteiger partial charge in [0.15, 0.2) is 5.78 Å². The molecule has 0 aromatic heterocycles. The highest BCUT2D eigenvalue weighted by molar-refractivity contribution is 5.85. The zero-order valence-electron chi connectivity index (χ0n) is 18.5. The van der Waals surface area contributed by atoms with Crippen LogP contribution >= 0.6 is 0 Å². The van der Waals surface area contributed by atoms with Gasteiger partial charge in [-0.1, -0.05) is 13.8 Å². The zero-order chi connectivity index (χ0) is 21.5. The Morgan fingerprint density at radius 3 is 2.63 bits per heavy atom. The van der Waals surface area contributed by atoms with Gasteiger partial charge in [-0.15, -0.1) is 0 Å². The minimum Gasteiger partial charge on any atom is -0.484 e. The molecule has 0 aliphatic heterocycles. The summed E-state index contributed by atoms with van der Waals surface area (Å²) in [5, 5.41) is 14.5. The van der Waals surface area contributed by atoms with Gasteiger partial charge in [0.05, 0.1) is 6.21 Å². The quantitative estimate of drug-likeness (QED) is 0.427. The van der Waals surface area contributed by atoms with E-state index in [1.807, 2.05) is 0 Å². The topological polar surface area (TPSA) is 74.0 Å².